The Morgan fingerprint density at radius 3 is 2.43 bits per heavy atom. The van der Waals surface area contributed by atoms with Gasteiger partial charge >= 0.3 is 0 Å². The molecule has 0 spiro atoms. The van der Waals surface area contributed by atoms with E-state index in [9.17, 15) is 0 Å². The highest BCUT2D eigenvalue weighted by molar-refractivity contribution is 7.80. The summed E-state index contributed by atoms with van der Waals surface area (Å²) in [4.78, 5) is 0. The van der Waals surface area contributed by atoms with Crippen LogP contribution in [0, 0.1) is 0 Å². The molecule has 0 saturated heterocycles. The van der Waals surface area contributed by atoms with Crippen molar-refractivity contribution in [1.82, 2.24) is 5.32 Å². The predicted molar refractivity (Wildman–Crippen MR) is 30.2 cm³/mol. The second kappa shape index (κ2) is 1.79. The third-order valence-corrected chi connectivity index (χ3v) is 0.992. The van der Waals surface area contributed by atoms with Gasteiger partial charge in [0.2, 0.25) is 0 Å². The van der Waals surface area contributed by atoms with Crippen molar-refractivity contribution in [3.63, 3.8) is 0 Å². The number of nitrogens with zero attached hydrogens (tertiary/aromatic N) is 2. The Kier molecular flexibility index (Phi) is 1.30. The molecular weight excluding hydrogens is 110 g/mol. The van der Waals surface area contributed by atoms with E-state index in [0.717, 1.165) is 0 Å². The van der Waals surface area contributed by atoms with Gasteiger partial charge < -0.3 is 0 Å². The topological polar surface area (TPSA) is 36.8 Å². The summed E-state index contributed by atoms with van der Waals surface area (Å²) in [5.41, 5.74) is -0.0741. The summed E-state index contributed by atoms with van der Waals surface area (Å²) in [5, 5.41) is 10.4. The van der Waals surface area contributed by atoms with Crippen molar-refractivity contribution < 1.29 is 0 Å². The Morgan fingerprint density at radius 2 is 2.29 bits per heavy atom. The molecule has 0 aromatic heterocycles. The minimum absolute atomic E-state index is 0.0741. The molecule has 4 heteroatoms. The van der Waals surface area contributed by atoms with E-state index < -0.39 is 0 Å². The van der Waals surface area contributed by atoms with Gasteiger partial charge in [0.05, 0.1) is 0 Å². The maximum Gasteiger partial charge on any atom is 0.166 e. The van der Waals surface area contributed by atoms with E-state index in [2.05, 4.69) is 28.2 Å². The second-order valence-corrected chi connectivity index (χ2v) is 1.94. The zero-order chi connectivity index (χ0) is 5.28. The van der Waals surface area contributed by atoms with Crippen molar-refractivity contribution in [2.45, 2.75) is 18.6 Å². The van der Waals surface area contributed by atoms with Crippen LogP contribution in [0.1, 0.15) is 6.92 Å². The highest BCUT2D eigenvalue weighted by atomic mass is 32.1. The molecule has 1 N–H and O–H groups in total. The van der Waals surface area contributed by atoms with Crippen LogP contribution in [0.3, 0.4) is 0 Å². The van der Waals surface area contributed by atoms with E-state index >= 15 is 0 Å². The van der Waals surface area contributed by atoms with Crippen LogP contribution in [0.15, 0.2) is 10.2 Å². The Labute approximate surface area is 47.6 Å². The Morgan fingerprint density at radius 1 is 1.57 bits per heavy atom. The number of thiol groups is 1. The molecule has 0 bridgehead atoms. The van der Waals surface area contributed by atoms with E-state index in [1.807, 2.05) is 6.92 Å². The van der Waals surface area contributed by atoms with Gasteiger partial charge in [-0.25, -0.2) is 0 Å². The molecule has 3 nitrogen and oxygen atoms in total. The quantitative estimate of drug-likeness (QED) is 0.448. The van der Waals surface area contributed by atoms with Gasteiger partial charge in [0.25, 0.3) is 0 Å². The largest absolute Gasteiger partial charge is 0.263 e. The summed E-state index contributed by atoms with van der Waals surface area (Å²) in [6.45, 7) is 1.93. The lowest BCUT2D eigenvalue weighted by Crippen LogP contribution is -2.23. The number of hydrogen-bond donors (Lipinski definition) is 2. The summed E-state index contributed by atoms with van der Waals surface area (Å²) in [7, 11) is 0. The first-order valence-electron chi connectivity index (χ1n) is 2.13. The van der Waals surface area contributed by atoms with Gasteiger partial charge in [0, 0.05) is 0 Å². The minimum atomic E-state index is -0.0741. The summed E-state index contributed by atoms with van der Waals surface area (Å²) in [6, 6.07) is 0. The number of azo groups is 1. The standard InChI is InChI=1S/C3H7N3S/c1-2-4-3(7)6-5-2/h2-4,7H,1H3. The first kappa shape index (κ1) is 5.05. The van der Waals surface area contributed by atoms with Crippen molar-refractivity contribution in [2.75, 3.05) is 0 Å². The van der Waals surface area contributed by atoms with E-state index in [1.165, 1.54) is 0 Å². The molecule has 7 heavy (non-hydrogen) atoms. The first-order chi connectivity index (χ1) is 3.29. The molecule has 0 aliphatic carbocycles. The molecule has 0 fully saturated rings. The van der Waals surface area contributed by atoms with Gasteiger partial charge in [-0.15, -0.1) is 12.6 Å². The lowest BCUT2D eigenvalue weighted by Gasteiger charge is -1.96. The Balaban J connectivity index is 2.42. The van der Waals surface area contributed by atoms with Gasteiger partial charge in [-0.3, -0.25) is 5.32 Å². The van der Waals surface area contributed by atoms with Crippen LogP contribution < -0.4 is 5.32 Å². The molecule has 1 aliphatic heterocycles. The molecule has 1 aliphatic rings. The number of hydrogen-bond acceptors (Lipinski definition) is 4. The summed E-state index contributed by atoms with van der Waals surface area (Å²) in [5.74, 6) is 0. The molecular formula is C3H7N3S. The molecule has 2 unspecified atom stereocenters. The zero-order valence-electron chi connectivity index (χ0n) is 4.00. The van der Waals surface area contributed by atoms with E-state index in [4.69, 9.17) is 0 Å². The fourth-order valence-corrected chi connectivity index (χ4v) is 0.721. The monoisotopic (exact) mass is 117 g/mol. The van der Waals surface area contributed by atoms with E-state index in [1.54, 1.807) is 0 Å². The van der Waals surface area contributed by atoms with E-state index in [0.29, 0.717) is 0 Å². The lowest BCUT2D eigenvalue weighted by atomic mass is 10.6. The fourth-order valence-electron chi connectivity index (χ4n) is 0.446. The van der Waals surface area contributed by atoms with Gasteiger partial charge in [-0.1, -0.05) is 0 Å². The van der Waals surface area contributed by atoms with Crippen molar-refractivity contribution in [2.24, 2.45) is 10.2 Å². The molecule has 0 radical (unpaired) electrons. The van der Waals surface area contributed by atoms with Crippen LogP contribution >= 0.6 is 12.6 Å². The molecule has 0 aromatic carbocycles. The third-order valence-electron chi connectivity index (χ3n) is 0.740. The van der Waals surface area contributed by atoms with Crippen LogP contribution in [0.5, 0.6) is 0 Å². The molecule has 1 rings (SSSR count). The first-order valence-corrected chi connectivity index (χ1v) is 2.65. The summed E-state index contributed by atoms with van der Waals surface area (Å²) >= 11 is 3.98. The van der Waals surface area contributed by atoms with Crippen molar-refractivity contribution in [1.29, 1.82) is 0 Å². The number of rotatable bonds is 0. The van der Waals surface area contributed by atoms with Gasteiger partial charge in [0.15, 0.2) is 5.50 Å². The molecule has 0 amide bonds. The molecule has 40 valence electrons. The van der Waals surface area contributed by atoms with Crippen LogP contribution in [0.25, 0.3) is 0 Å². The van der Waals surface area contributed by atoms with Crippen LogP contribution in [0.4, 0.5) is 0 Å². The van der Waals surface area contributed by atoms with Crippen LogP contribution in [0.2, 0.25) is 0 Å². The molecule has 0 saturated carbocycles. The molecule has 2 atom stereocenters. The minimum Gasteiger partial charge on any atom is -0.263 e. The predicted octanol–water partition coefficient (Wildman–Crippen LogP) is 0.601. The fraction of sp³-hybridized carbons (Fsp3) is 1.00. The number of nitrogens with one attached hydrogen (secondary N) is 1. The maximum atomic E-state index is 3.98. The zero-order valence-corrected chi connectivity index (χ0v) is 4.89. The highest BCUT2D eigenvalue weighted by Gasteiger charge is 2.10. The molecule has 0 aromatic rings. The van der Waals surface area contributed by atoms with Crippen molar-refractivity contribution >= 4 is 12.6 Å². The highest BCUT2D eigenvalue weighted by Crippen LogP contribution is 2.04. The average molecular weight is 117 g/mol. The summed E-state index contributed by atoms with van der Waals surface area (Å²) < 4.78 is 0. The van der Waals surface area contributed by atoms with Crippen molar-refractivity contribution in [3.05, 3.63) is 0 Å². The van der Waals surface area contributed by atoms with Crippen LogP contribution in [-0.2, 0) is 0 Å². The third kappa shape index (κ3) is 1.14. The maximum absolute atomic E-state index is 3.98. The van der Waals surface area contributed by atoms with E-state index in [-0.39, 0.29) is 11.7 Å². The lowest BCUT2D eigenvalue weighted by molar-refractivity contribution is 0.640. The summed E-state index contributed by atoms with van der Waals surface area (Å²) in [6.07, 6.45) is 0.155. The SMILES string of the molecule is CC1N=NC(S)N1. The molecule has 1 heterocycles. The van der Waals surface area contributed by atoms with Gasteiger partial charge in [-0.05, 0) is 6.92 Å². The smallest absolute Gasteiger partial charge is 0.166 e. The van der Waals surface area contributed by atoms with Crippen molar-refractivity contribution in [3.8, 4) is 0 Å². The Bertz CT molecular complexity index is 82.2. The van der Waals surface area contributed by atoms with Gasteiger partial charge in [-0.2, -0.15) is 10.2 Å². The Hall–Kier alpha value is -0.0900. The average Bonchev–Trinajstić information content (AvgIpc) is 1.87. The normalized spacial score (nSPS) is 39.7. The second-order valence-electron chi connectivity index (χ2n) is 1.45. The van der Waals surface area contributed by atoms with Crippen LogP contribution in [-0.4, -0.2) is 11.7 Å². The van der Waals surface area contributed by atoms with Gasteiger partial charge in [0.1, 0.15) is 6.17 Å².